The van der Waals surface area contributed by atoms with E-state index in [9.17, 15) is 70.6 Å². The summed E-state index contributed by atoms with van der Waals surface area (Å²) < 4.78 is 29.3. The highest BCUT2D eigenvalue weighted by molar-refractivity contribution is 5.96. The first-order valence-electron chi connectivity index (χ1n) is 12.8. The molecule has 0 unspecified atom stereocenters. The Morgan fingerprint density at radius 1 is 0.773 bits per heavy atom. The minimum absolute atomic E-state index is 0.436. The van der Waals surface area contributed by atoms with E-state index < -0.39 is 123 Å². The highest BCUT2D eigenvalue weighted by Crippen LogP contribution is 2.27. The Labute approximate surface area is 248 Å². The average molecular weight is 645 g/mol. The number of carbonyl (C=O) groups is 3. The van der Waals surface area contributed by atoms with Gasteiger partial charge < -0.3 is 84.6 Å². The van der Waals surface area contributed by atoms with Crippen LogP contribution in [-0.2, 0) is 42.8 Å². The monoisotopic (exact) mass is 644 g/mol. The van der Waals surface area contributed by atoms with Gasteiger partial charge in [0.25, 0.3) is 0 Å². The van der Waals surface area contributed by atoms with Crippen molar-refractivity contribution in [3.63, 3.8) is 0 Å². The average Bonchev–Trinajstić information content (AvgIpc) is 3.01. The first kappa shape index (κ1) is 37.7. The third-order valence-electron chi connectivity index (χ3n) is 6.57. The maximum Gasteiger partial charge on any atom is 0.390 e. The van der Waals surface area contributed by atoms with Crippen LogP contribution < -0.4 is 0 Å². The van der Waals surface area contributed by atoms with Gasteiger partial charge in [0.2, 0.25) is 0 Å². The molecule has 2 fully saturated rings. The summed E-state index contributed by atoms with van der Waals surface area (Å²) in [4.78, 5) is 35.2. The number of hydrogen-bond donors (Lipinski definition) is 11. The fourth-order valence-electron chi connectivity index (χ4n) is 3.94. The molecule has 11 N–H and O–H groups in total. The van der Waals surface area contributed by atoms with E-state index in [1.54, 1.807) is 0 Å². The quantitative estimate of drug-likeness (QED) is 0.0362. The lowest BCUT2D eigenvalue weighted by molar-refractivity contribution is -0.333. The number of esters is 3. The second-order valence-corrected chi connectivity index (χ2v) is 9.62. The number of hydrogen-bond acceptors (Lipinski definition) is 20. The third kappa shape index (κ3) is 8.60. The zero-order valence-electron chi connectivity index (χ0n) is 22.8. The summed E-state index contributed by atoms with van der Waals surface area (Å²) in [6.07, 6.45) is -24.5. The second kappa shape index (κ2) is 16.2. The molecule has 0 amide bonds. The minimum atomic E-state index is -3.78. The molecule has 252 valence electrons. The molecule has 0 aromatic heterocycles. The molecular weight excluding hydrogens is 608 g/mol. The molecule has 2 rings (SSSR count). The Morgan fingerprint density at radius 2 is 1.27 bits per heavy atom. The van der Waals surface area contributed by atoms with Crippen molar-refractivity contribution < 1.29 is 99.0 Å². The second-order valence-electron chi connectivity index (χ2n) is 9.62. The molecule has 0 aliphatic carbocycles. The summed E-state index contributed by atoms with van der Waals surface area (Å²) in [5.74, 6) is -8.86. The molecule has 0 spiro atoms. The molecule has 0 saturated carbocycles. The molecule has 44 heavy (non-hydrogen) atoms. The van der Waals surface area contributed by atoms with Crippen molar-refractivity contribution in [3.05, 3.63) is 25.3 Å². The van der Waals surface area contributed by atoms with Crippen molar-refractivity contribution in [2.75, 3.05) is 19.8 Å². The van der Waals surface area contributed by atoms with Crippen LogP contribution in [0, 0.1) is 0 Å². The zero-order chi connectivity index (χ0) is 33.5. The Kier molecular flexibility index (Phi) is 13.8. The van der Waals surface area contributed by atoms with Crippen molar-refractivity contribution in [3.8, 4) is 0 Å². The molecule has 0 aromatic rings. The maximum atomic E-state index is 12.3. The predicted molar refractivity (Wildman–Crippen MR) is 133 cm³/mol. The lowest BCUT2D eigenvalue weighted by atomic mass is 9.98. The largest absolute Gasteiger partial charge is 0.416 e. The van der Waals surface area contributed by atoms with Crippen molar-refractivity contribution in [1.82, 2.24) is 0 Å². The Hall–Kier alpha value is -2.51. The van der Waals surface area contributed by atoms with Gasteiger partial charge in [-0.3, -0.25) is 0 Å². The summed E-state index contributed by atoms with van der Waals surface area (Å²) in [6, 6.07) is 0. The van der Waals surface area contributed by atoms with E-state index in [1.807, 2.05) is 0 Å². The number of aliphatic hydroxyl groups is 11. The molecule has 0 aromatic carbocycles. The van der Waals surface area contributed by atoms with E-state index in [1.165, 1.54) is 0 Å². The topological polar surface area (TPSA) is 329 Å². The smallest absolute Gasteiger partial charge is 0.390 e. The van der Waals surface area contributed by atoms with Crippen LogP contribution in [0.5, 0.6) is 0 Å². The van der Waals surface area contributed by atoms with Crippen molar-refractivity contribution in [1.29, 1.82) is 0 Å². The van der Waals surface area contributed by atoms with Crippen LogP contribution in [0.4, 0.5) is 0 Å². The van der Waals surface area contributed by atoms with Gasteiger partial charge in [-0.15, -0.1) is 0 Å². The predicted octanol–water partition coefficient (Wildman–Crippen LogP) is -7.62. The van der Waals surface area contributed by atoms with E-state index in [4.69, 9.17) is 18.9 Å². The lowest BCUT2D eigenvalue weighted by Crippen LogP contribution is -2.62. The summed E-state index contributed by atoms with van der Waals surface area (Å²) >= 11 is 0. The standard InChI is InChI=1S/C24H36O20/c1-3-11(27)43-23(37)24(38,44-12(28)4-2)20(36)13(29)8(26)6-39-21-19(35)17(33)15(31)10(42-21)7-40-22-18(34)16(32)14(30)9(5-25)41-22/h3-4,8-10,13-22,25-26,29-36,38H,1-2,5-7H2/t8-,9-,10-,13-,14-,15-,16+,17+,18-,19-,20+,21+,22+,24-/m1/s1. The van der Waals surface area contributed by atoms with Gasteiger partial charge in [-0.2, -0.15) is 0 Å². The van der Waals surface area contributed by atoms with Crippen LogP contribution in [0.2, 0.25) is 0 Å². The molecule has 20 nitrogen and oxygen atoms in total. The van der Waals surface area contributed by atoms with E-state index in [2.05, 4.69) is 22.6 Å². The van der Waals surface area contributed by atoms with Gasteiger partial charge in [0.15, 0.2) is 18.7 Å². The first-order valence-corrected chi connectivity index (χ1v) is 12.8. The Bertz CT molecular complexity index is 1010. The van der Waals surface area contributed by atoms with Crippen molar-refractivity contribution >= 4 is 17.9 Å². The van der Waals surface area contributed by atoms with E-state index in [-0.39, 0.29) is 0 Å². The summed E-state index contributed by atoms with van der Waals surface area (Å²) in [5.41, 5.74) is 0. The van der Waals surface area contributed by atoms with Crippen LogP contribution in [0.15, 0.2) is 25.3 Å². The van der Waals surface area contributed by atoms with E-state index in [0.29, 0.717) is 12.2 Å². The Balaban J connectivity index is 2.08. The van der Waals surface area contributed by atoms with Gasteiger partial charge in [-0.1, -0.05) is 13.2 Å². The normalized spacial score (nSPS) is 35.8. The van der Waals surface area contributed by atoms with Gasteiger partial charge in [-0.25, -0.2) is 14.4 Å². The third-order valence-corrected chi connectivity index (χ3v) is 6.57. The molecular formula is C24H36O20. The summed E-state index contributed by atoms with van der Waals surface area (Å²) in [7, 11) is 0. The molecule has 0 bridgehead atoms. The van der Waals surface area contributed by atoms with Gasteiger partial charge in [0, 0.05) is 12.2 Å². The first-order chi connectivity index (χ1) is 20.5. The minimum Gasteiger partial charge on any atom is -0.416 e. The molecule has 2 aliphatic heterocycles. The number of carbonyl (C=O) groups excluding carboxylic acids is 3. The van der Waals surface area contributed by atoms with Crippen LogP contribution in [0.25, 0.3) is 0 Å². The van der Waals surface area contributed by atoms with Crippen LogP contribution in [0.3, 0.4) is 0 Å². The van der Waals surface area contributed by atoms with E-state index >= 15 is 0 Å². The van der Waals surface area contributed by atoms with Crippen LogP contribution >= 0.6 is 0 Å². The molecule has 14 atom stereocenters. The molecule has 20 heteroatoms. The fourth-order valence-corrected chi connectivity index (χ4v) is 3.94. The highest BCUT2D eigenvalue weighted by atomic mass is 16.7. The molecule has 0 radical (unpaired) electrons. The molecule has 2 saturated heterocycles. The maximum absolute atomic E-state index is 12.3. The molecule has 2 heterocycles. The zero-order valence-corrected chi connectivity index (χ0v) is 22.8. The van der Waals surface area contributed by atoms with Crippen LogP contribution in [0.1, 0.15) is 0 Å². The van der Waals surface area contributed by atoms with Gasteiger partial charge in [0.05, 0.1) is 19.8 Å². The van der Waals surface area contributed by atoms with Gasteiger partial charge in [-0.05, 0) is 0 Å². The number of ether oxygens (including phenoxy) is 6. The SMILES string of the molecule is C=CC(=O)OC(=O)[C@](O)(OC(=O)C=C)[C@@H](O)[C@H](O)[C@H](O)CO[C@H]1O[C@H](CO[C@H]2O[C@H](CO)[C@@H](O)[C@H](O)[C@H]2O)[C@@H](O)[C@H](O)[C@H]1O. The van der Waals surface area contributed by atoms with Crippen molar-refractivity contribution in [2.24, 2.45) is 0 Å². The summed E-state index contributed by atoms with van der Waals surface area (Å²) in [6.45, 7) is 3.43. The van der Waals surface area contributed by atoms with Gasteiger partial charge >= 0.3 is 23.7 Å². The summed E-state index contributed by atoms with van der Waals surface area (Å²) in [5, 5.41) is 111. The fraction of sp³-hybridized carbons (Fsp3) is 0.708. The lowest BCUT2D eigenvalue weighted by Gasteiger charge is -2.42. The van der Waals surface area contributed by atoms with E-state index in [0.717, 1.165) is 0 Å². The molecule has 2 aliphatic rings. The Morgan fingerprint density at radius 3 is 1.80 bits per heavy atom. The number of aliphatic hydroxyl groups excluding tert-OH is 10. The van der Waals surface area contributed by atoms with Gasteiger partial charge in [0.1, 0.15) is 61.0 Å². The number of rotatable bonds is 14. The van der Waals surface area contributed by atoms with Crippen molar-refractivity contribution in [2.45, 2.75) is 85.5 Å². The van der Waals surface area contributed by atoms with Crippen LogP contribution in [-0.4, -0.2) is 179 Å². The highest BCUT2D eigenvalue weighted by Gasteiger charge is 2.55.